The van der Waals surface area contributed by atoms with Crippen LogP contribution in [0.15, 0.2) is 48.8 Å². The molecule has 1 aromatic heterocycles. The zero-order valence-electron chi connectivity index (χ0n) is 12.6. The molecule has 0 amide bonds. The molecule has 4 nitrogen and oxygen atoms in total. The Kier molecular flexibility index (Phi) is 3.63. The Bertz CT molecular complexity index is 829. The summed E-state index contributed by atoms with van der Waals surface area (Å²) in [7, 11) is 0. The summed E-state index contributed by atoms with van der Waals surface area (Å²) in [5.74, 6) is 0.703. The first-order valence-electron chi connectivity index (χ1n) is 7.65. The average molecular weight is 309 g/mol. The number of aromatic nitrogens is 2. The Balaban J connectivity index is 1.81. The fraction of sp³-hybridized carbons (Fsp3) is 0.222. The van der Waals surface area contributed by atoms with E-state index >= 15 is 0 Å². The lowest BCUT2D eigenvalue weighted by molar-refractivity contribution is 0.122. The van der Waals surface area contributed by atoms with Gasteiger partial charge in [-0.1, -0.05) is 18.2 Å². The molecule has 2 aromatic carbocycles. The lowest BCUT2D eigenvalue weighted by atomic mass is 10.0. The van der Waals surface area contributed by atoms with Gasteiger partial charge in [-0.3, -0.25) is 0 Å². The van der Waals surface area contributed by atoms with Crippen LogP contribution in [0.25, 0.3) is 22.0 Å². The standard InChI is InChI=1S/C18H16FN3O/c19-15-4-1-13(2-5-15)14-3-6-17-16(11-14)18(21-12-20-17)22-7-9-23-10-8-22/h1-6,11-12H,7-10H2. The normalized spacial score (nSPS) is 15.1. The molecule has 1 aliphatic rings. The summed E-state index contributed by atoms with van der Waals surface area (Å²) in [5, 5.41) is 1.01. The molecule has 0 saturated carbocycles. The Hall–Kier alpha value is -2.53. The number of hydrogen-bond acceptors (Lipinski definition) is 4. The van der Waals surface area contributed by atoms with Gasteiger partial charge in [0.15, 0.2) is 0 Å². The summed E-state index contributed by atoms with van der Waals surface area (Å²) in [5.41, 5.74) is 2.92. The van der Waals surface area contributed by atoms with E-state index in [4.69, 9.17) is 4.74 Å². The van der Waals surface area contributed by atoms with Crippen molar-refractivity contribution < 1.29 is 9.13 Å². The smallest absolute Gasteiger partial charge is 0.140 e. The molecule has 0 unspecified atom stereocenters. The van der Waals surface area contributed by atoms with Crippen LogP contribution in [-0.2, 0) is 4.74 Å². The molecular formula is C18H16FN3O. The van der Waals surface area contributed by atoms with Crippen molar-refractivity contribution in [3.05, 3.63) is 54.6 Å². The lowest BCUT2D eigenvalue weighted by Crippen LogP contribution is -2.36. The molecule has 0 bridgehead atoms. The third-order valence-corrected chi connectivity index (χ3v) is 4.10. The second-order valence-electron chi connectivity index (χ2n) is 5.54. The van der Waals surface area contributed by atoms with E-state index in [1.807, 2.05) is 12.1 Å². The van der Waals surface area contributed by atoms with Crippen LogP contribution in [0.4, 0.5) is 10.2 Å². The summed E-state index contributed by atoms with van der Waals surface area (Å²) in [6, 6.07) is 12.6. The molecule has 1 aliphatic heterocycles. The topological polar surface area (TPSA) is 38.2 Å². The minimum atomic E-state index is -0.230. The predicted molar refractivity (Wildman–Crippen MR) is 88.0 cm³/mol. The van der Waals surface area contributed by atoms with Crippen LogP contribution in [0, 0.1) is 5.82 Å². The number of nitrogens with zero attached hydrogens (tertiary/aromatic N) is 3. The maximum Gasteiger partial charge on any atom is 0.140 e. The van der Waals surface area contributed by atoms with Crippen molar-refractivity contribution in [2.75, 3.05) is 31.2 Å². The van der Waals surface area contributed by atoms with Crippen molar-refractivity contribution in [1.82, 2.24) is 9.97 Å². The van der Waals surface area contributed by atoms with E-state index in [9.17, 15) is 4.39 Å². The number of halogens is 1. The Morgan fingerprint density at radius 1 is 0.913 bits per heavy atom. The summed E-state index contributed by atoms with van der Waals surface area (Å²) in [6.45, 7) is 3.08. The first-order chi connectivity index (χ1) is 11.3. The summed E-state index contributed by atoms with van der Waals surface area (Å²) >= 11 is 0. The fourth-order valence-electron chi connectivity index (χ4n) is 2.89. The SMILES string of the molecule is Fc1ccc(-c2ccc3ncnc(N4CCOCC4)c3c2)cc1. The number of anilines is 1. The van der Waals surface area contributed by atoms with E-state index in [-0.39, 0.29) is 5.82 Å². The molecule has 0 radical (unpaired) electrons. The predicted octanol–water partition coefficient (Wildman–Crippen LogP) is 3.27. The van der Waals surface area contributed by atoms with Crippen molar-refractivity contribution in [1.29, 1.82) is 0 Å². The molecule has 0 spiro atoms. The number of hydrogen-bond donors (Lipinski definition) is 0. The molecule has 23 heavy (non-hydrogen) atoms. The Labute approximate surface area is 133 Å². The third kappa shape index (κ3) is 2.75. The molecule has 0 atom stereocenters. The van der Waals surface area contributed by atoms with Gasteiger partial charge in [-0.05, 0) is 35.4 Å². The van der Waals surface area contributed by atoms with Gasteiger partial charge in [-0.25, -0.2) is 14.4 Å². The van der Waals surface area contributed by atoms with E-state index < -0.39 is 0 Å². The minimum Gasteiger partial charge on any atom is -0.378 e. The van der Waals surface area contributed by atoms with Crippen LogP contribution in [-0.4, -0.2) is 36.3 Å². The summed E-state index contributed by atoms with van der Waals surface area (Å²) in [6.07, 6.45) is 1.60. The zero-order chi connectivity index (χ0) is 15.6. The molecule has 1 fully saturated rings. The summed E-state index contributed by atoms with van der Waals surface area (Å²) in [4.78, 5) is 11.1. The third-order valence-electron chi connectivity index (χ3n) is 4.10. The van der Waals surface area contributed by atoms with Crippen LogP contribution >= 0.6 is 0 Å². The van der Waals surface area contributed by atoms with Crippen LogP contribution in [0.3, 0.4) is 0 Å². The number of morpholine rings is 1. The first-order valence-corrected chi connectivity index (χ1v) is 7.65. The molecule has 3 aromatic rings. The quantitative estimate of drug-likeness (QED) is 0.728. The van der Waals surface area contributed by atoms with Gasteiger partial charge in [0, 0.05) is 18.5 Å². The van der Waals surface area contributed by atoms with E-state index in [1.165, 1.54) is 12.1 Å². The van der Waals surface area contributed by atoms with Gasteiger partial charge in [-0.15, -0.1) is 0 Å². The molecule has 4 rings (SSSR count). The highest BCUT2D eigenvalue weighted by Crippen LogP contribution is 2.29. The number of rotatable bonds is 2. The Morgan fingerprint density at radius 2 is 1.65 bits per heavy atom. The van der Waals surface area contributed by atoms with Gasteiger partial charge < -0.3 is 9.64 Å². The van der Waals surface area contributed by atoms with Crippen molar-refractivity contribution in [2.45, 2.75) is 0 Å². The molecule has 2 heterocycles. The van der Waals surface area contributed by atoms with Gasteiger partial charge >= 0.3 is 0 Å². The van der Waals surface area contributed by atoms with Crippen molar-refractivity contribution in [3.8, 4) is 11.1 Å². The van der Waals surface area contributed by atoms with Gasteiger partial charge in [-0.2, -0.15) is 0 Å². The van der Waals surface area contributed by atoms with Crippen molar-refractivity contribution in [2.24, 2.45) is 0 Å². The molecule has 5 heteroatoms. The van der Waals surface area contributed by atoms with E-state index in [2.05, 4.69) is 20.9 Å². The average Bonchev–Trinajstić information content (AvgIpc) is 2.62. The van der Waals surface area contributed by atoms with Gasteiger partial charge in [0.2, 0.25) is 0 Å². The summed E-state index contributed by atoms with van der Waals surface area (Å²) < 4.78 is 18.5. The maximum absolute atomic E-state index is 13.1. The Morgan fingerprint density at radius 3 is 2.43 bits per heavy atom. The molecule has 0 N–H and O–H groups in total. The van der Waals surface area contributed by atoms with Crippen LogP contribution < -0.4 is 4.90 Å². The fourth-order valence-corrected chi connectivity index (χ4v) is 2.89. The largest absolute Gasteiger partial charge is 0.378 e. The molecular weight excluding hydrogens is 293 g/mol. The van der Waals surface area contributed by atoms with Gasteiger partial charge in [0.25, 0.3) is 0 Å². The molecule has 0 aliphatic carbocycles. The van der Waals surface area contributed by atoms with E-state index in [0.717, 1.165) is 40.9 Å². The maximum atomic E-state index is 13.1. The van der Waals surface area contributed by atoms with Gasteiger partial charge in [0.1, 0.15) is 18.0 Å². The lowest BCUT2D eigenvalue weighted by Gasteiger charge is -2.28. The first kappa shape index (κ1) is 14.1. The minimum absolute atomic E-state index is 0.230. The second kappa shape index (κ2) is 5.93. The number of fused-ring (bicyclic) bond motifs is 1. The van der Waals surface area contributed by atoms with Crippen LogP contribution in [0.5, 0.6) is 0 Å². The highest BCUT2D eigenvalue weighted by molar-refractivity contribution is 5.92. The van der Waals surface area contributed by atoms with E-state index in [0.29, 0.717) is 13.2 Å². The zero-order valence-corrected chi connectivity index (χ0v) is 12.6. The number of ether oxygens (including phenoxy) is 1. The second-order valence-corrected chi connectivity index (χ2v) is 5.54. The van der Waals surface area contributed by atoms with Crippen LogP contribution in [0.2, 0.25) is 0 Å². The number of benzene rings is 2. The highest BCUT2D eigenvalue weighted by Gasteiger charge is 2.16. The molecule has 116 valence electrons. The monoisotopic (exact) mass is 309 g/mol. The van der Waals surface area contributed by atoms with E-state index in [1.54, 1.807) is 18.5 Å². The van der Waals surface area contributed by atoms with Crippen molar-refractivity contribution in [3.63, 3.8) is 0 Å². The van der Waals surface area contributed by atoms with Crippen LogP contribution in [0.1, 0.15) is 0 Å². The van der Waals surface area contributed by atoms with Gasteiger partial charge in [0.05, 0.1) is 18.7 Å². The molecule has 1 saturated heterocycles. The highest BCUT2D eigenvalue weighted by atomic mass is 19.1. The van der Waals surface area contributed by atoms with Crippen molar-refractivity contribution >= 4 is 16.7 Å².